The van der Waals surface area contributed by atoms with Crippen LogP contribution >= 0.6 is 0 Å². The Hall–Kier alpha value is -12.5. The number of hydrogen-bond acceptors (Lipinski definition) is 6. The zero-order valence-electron chi connectivity index (χ0n) is 69.2. The van der Waals surface area contributed by atoms with Crippen LogP contribution in [0.2, 0.25) is 0 Å². The van der Waals surface area contributed by atoms with Crippen LogP contribution in [0.5, 0.6) is 0 Å². The normalized spacial score (nSPS) is 11.1. The summed E-state index contributed by atoms with van der Waals surface area (Å²) in [6.45, 7) is 17.2. The standard InChI is InChI=1S/C64H44N4.C48H36N4.4Ir/c1-43-36-44(2)38-54(37-43)61-62(55-32-30-52(59-28-12-14-34-65-59)41-57(55)50-26-16-24-48(39-50)45-18-6-3-7-19-45)67-64(47-22-10-5-11-23-47)68-63(61)56-33-31-53(60-29-13-15-35-66-60)42-58(56)51-27-17-25-49(40-51)46-20-8-4-9-21-46;1-27-22-28(2)24-35(23-27)46-36(33-18-20-40-42(25-33)38-12-7-9-16-44(38)51-31(5)29(3)49-47(40)51)14-11-15-37(46)34-19-21-41-43(26-34)39-13-8-10-17-45(39)52-32(6)30(4)50-48(41)52;;;;/h3-29,32-42H,1-2H3;7-19,22-26H,1-6H3;;;;/q2*-2;;;;. The number of rotatable bonds is 13. The van der Waals surface area contributed by atoms with Crippen molar-refractivity contribution in [3.63, 3.8) is 0 Å². The van der Waals surface area contributed by atoms with E-state index in [-0.39, 0.29) is 80.4 Å². The summed E-state index contributed by atoms with van der Waals surface area (Å²) in [6, 6.07) is 131. The fraction of sp³-hybridized carbons (Fsp3) is 0.0714. The van der Waals surface area contributed by atoms with Crippen LogP contribution in [0.3, 0.4) is 0 Å². The van der Waals surface area contributed by atoms with Gasteiger partial charge >= 0.3 is 0 Å². The Bertz CT molecular complexity index is 7200. The van der Waals surface area contributed by atoms with E-state index in [1.807, 2.05) is 67.0 Å². The third-order valence-corrected chi connectivity index (χ3v) is 23.4. The zero-order valence-corrected chi connectivity index (χ0v) is 78.8. The van der Waals surface area contributed by atoms with Crippen LogP contribution in [0, 0.1) is 79.7 Å². The fourth-order valence-corrected chi connectivity index (χ4v) is 17.6. The van der Waals surface area contributed by atoms with Gasteiger partial charge in [-0.25, -0.2) is 9.97 Å². The third kappa shape index (κ3) is 16.0. The molecule has 8 nitrogen and oxygen atoms in total. The number of aryl methyl sites for hydroxylation is 8. The van der Waals surface area contributed by atoms with Gasteiger partial charge in [-0.05, 0) is 164 Å². The Morgan fingerprint density at radius 3 is 1.04 bits per heavy atom. The van der Waals surface area contributed by atoms with E-state index in [1.165, 1.54) is 44.2 Å². The molecule has 0 saturated heterocycles. The van der Waals surface area contributed by atoms with Gasteiger partial charge in [0.15, 0.2) is 5.82 Å². The molecular formula is C112H80Ir4N8-4. The number of para-hydroxylation sites is 2. The molecule has 0 aliphatic carbocycles. The molecule has 0 saturated carbocycles. The van der Waals surface area contributed by atoms with Crippen LogP contribution in [-0.2, 0) is 80.4 Å². The molecule has 21 rings (SSSR count). The van der Waals surface area contributed by atoms with E-state index in [9.17, 15) is 0 Å². The monoisotopic (exact) mass is 2310 g/mol. The molecule has 0 unspecified atom stereocenters. The summed E-state index contributed by atoms with van der Waals surface area (Å²) in [7, 11) is 0. The molecule has 0 aliphatic heterocycles. The van der Waals surface area contributed by atoms with Gasteiger partial charge in [0.2, 0.25) is 0 Å². The minimum absolute atomic E-state index is 0. The largest absolute Gasteiger partial charge is 0.337 e. The molecule has 12 heteroatoms. The number of aromatic nitrogens is 8. The molecule has 0 spiro atoms. The summed E-state index contributed by atoms with van der Waals surface area (Å²) in [5.41, 5.74) is 38.7. The van der Waals surface area contributed by atoms with Gasteiger partial charge < -0.3 is 18.8 Å². The number of imidazole rings is 2. The van der Waals surface area contributed by atoms with E-state index in [0.717, 1.165) is 195 Å². The maximum Gasteiger partial charge on any atom is 0.158 e. The number of hydrogen-bond donors (Lipinski definition) is 0. The second-order valence-corrected chi connectivity index (χ2v) is 31.4. The summed E-state index contributed by atoms with van der Waals surface area (Å²) < 4.78 is 4.56. The maximum absolute atomic E-state index is 5.66. The van der Waals surface area contributed by atoms with Crippen molar-refractivity contribution in [2.45, 2.75) is 55.4 Å². The number of benzene rings is 14. The van der Waals surface area contributed by atoms with Crippen molar-refractivity contribution in [3.05, 3.63) is 409 Å². The van der Waals surface area contributed by atoms with E-state index >= 15 is 0 Å². The zero-order chi connectivity index (χ0) is 81.2. The Morgan fingerprint density at radius 1 is 0.250 bits per heavy atom. The van der Waals surface area contributed by atoms with Gasteiger partial charge in [-0.3, -0.25) is 9.97 Å². The molecule has 0 bridgehead atoms. The quantitative estimate of drug-likeness (QED) is 0.0844. The molecular weight excluding hydrogens is 2230 g/mol. The number of nitrogens with zero attached hydrogens (tertiary/aromatic N) is 8. The predicted octanol–water partition coefficient (Wildman–Crippen LogP) is 28.2. The van der Waals surface area contributed by atoms with Crippen molar-refractivity contribution >= 4 is 54.6 Å². The SMILES string of the molecule is Cc1cc(C)cc(-c2c(-c3c[c-]c(-c4ccccn4)cc3-c3cccc(-c4ccccc4)c3)nc(-c3ccccc3)nc2-c2c[c-]c(-c3ccccn3)cc2-c2cccc(-c3ccccc3)c2)c1.Cc1cc(C)cc(-c2c(-c3c[c-]c4c(c3)c3ccccc3n3c(C)c(C)nc43)cccc2-c2c[c-]c3c(c2)c2ccccc2n2c(C)c(C)nc32)c1.[Ir].[Ir].[Ir].[Ir]. The summed E-state index contributed by atoms with van der Waals surface area (Å²) in [5, 5.41) is 6.77. The van der Waals surface area contributed by atoms with Crippen molar-refractivity contribution in [1.29, 1.82) is 0 Å². The predicted molar refractivity (Wildman–Crippen MR) is 495 cm³/mol. The number of pyridine rings is 4. The minimum atomic E-state index is 0. The van der Waals surface area contributed by atoms with Crippen molar-refractivity contribution in [2.75, 3.05) is 0 Å². The van der Waals surface area contributed by atoms with Crippen molar-refractivity contribution in [2.24, 2.45) is 0 Å². The Labute approximate surface area is 776 Å². The second kappa shape index (κ2) is 36.1. The first-order valence-corrected chi connectivity index (χ1v) is 40.8. The molecule has 21 aromatic rings. The average Bonchev–Trinajstić information content (AvgIpc) is 1.44. The third-order valence-electron chi connectivity index (χ3n) is 23.4. The Morgan fingerprint density at radius 2 is 0.621 bits per heavy atom. The first kappa shape index (κ1) is 85.1. The van der Waals surface area contributed by atoms with Gasteiger partial charge in [0.1, 0.15) is 0 Å². The minimum Gasteiger partial charge on any atom is -0.337 e. The molecule has 4 radical (unpaired) electrons. The maximum atomic E-state index is 5.66. The topological polar surface area (TPSA) is 86.2 Å². The van der Waals surface area contributed by atoms with Crippen molar-refractivity contribution in [3.8, 4) is 145 Å². The van der Waals surface area contributed by atoms with E-state index in [4.69, 9.17) is 29.9 Å². The van der Waals surface area contributed by atoms with Crippen LogP contribution in [0.4, 0.5) is 0 Å². The van der Waals surface area contributed by atoms with Gasteiger partial charge in [-0.2, -0.15) is 0 Å². The average molecular weight is 2310 g/mol. The van der Waals surface area contributed by atoms with Gasteiger partial charge in [0, 0.05) is 149 Å². The van der Waals surface area contributed by atoms with Crippen LogP contribution in [0.15, 0.2) is 340 Å². The van der Waals surface area contributed by atoms with E-state index in [1.54, 1.807) is 0 Å². The van der Waals surface area contributed by atoms with Crippen LogP contribution < -0.4 is 0 Å². The number of fused-ring (bicyclic) bond motifs is 12. The molecule has 0 fully saturated rings. The molecule has 0 amide bonds. The summed E-state index contributed by atoms with van der Waals surface area (Å²) >= 11 is 0. The molecule has 7 heterocycles. The van der Waals surface area contributed by atoms with Crippen molar-refractivity contribution in [1.82, 2.24) is 38.7 Å². The van der Waals surface area contributed by atoms with Crippen LogP contribution in [-0.4, -0.2) is 38.7 Å². The van der Waals surface area contributed by atoms with Crippen LogP contribution in [0.1, 0.15) is 45.0 Å². The smallest absolute Gasteiger partial charge is 0.158 e. The first-order valence-electron chi connectivity index (χ1n) is 40.8. The summed E-state index contributed by atoms with van der Waals surface area (Å²) in [4.78, 5) is 30.9. The Kier molecular flexibility index (Phi) is 24.8. The van der Waals surface area contributed by atoms with E-state index in [0.29, 0.717) is 5.82 Å². The molecule has 0 aliphatic rings. The van der Waals surface area contributed by atoms with Gasteiger partial charge in [-0.1, -0.05) is 320 Å². The van der Waals surface area contributed by atoms with E-state index in [2.05, 4.69) is 361 Å². The van der Waals surface area contributed by atoms with E-state index < -0.39 is 0 Å². The first-order chi connectivity index (χ1) is 58.8. The van der Waals surface area contributed by atoms with Crippen molar-refractivity contribution < 1.29 is 80.4 Å². The summed E-state index contributed by atoms with van der Waals surface area (Å²) in [5.74, 6) is 0.610. The Balaban J connectivity index is 0.000000183. The van der Waals surface area contributed by atoms with Crippen LogP contribution in [0.25, 0.3) is 200 Å². The van der Waals surface area contributed by atoms with Gasteiger partial charge in [0.25, 0.3) is 0 Å². The fourth-order valence-electron chi connectivity index (χ4n) is 17.6. The molecule has 608 valence electrons. The molecule has 14 aromatic carbocycles. The second-order valence-electron chi connectivity index (χ2n) is 31.4. The van der Waals surface area contributed by atoms with Gasteiger partial charge in [-0.15, -0.1) is 94.7 Å². The summed E-state index contributed by atoms with van der Waals surface area (Å²) in [6.07, 6.45) is 3.66. The molecule has 0 atom stereocenters. The molecule has 7 aromatic heterocycles. The molecule has 0 N–H and O–H groups in total. The van der Waals surface area contributed by atoms with Gasteiger partial charge in [0.05, 0.1) is 11.3 Å². The molecule has 124 heavy (non-hydrogen) atoms.